The molecule has 2 rings (SSSR count). The molecular weight excluding hydrogens is 360 g/mol. The predicted molar refractivity (Wildman–Crippen MR) is 96.2 cm³/mol. The van der Waals surface area contributed by atoms with Gasteiger partial charge in [-0.2, -0.15) is 0 Å². The average Bonchev–Trinajstić information content (AvgIpc) is 2.60. The summed E-state index contributed by atoms with van der Waals surface area (Å²) in [5.41, 5.74) is 0.966. The number of carbonyl (C=O) groups is 1. The molecule has 9 heteroatoms. The number of primary sulfonamides is 1. The van der Waals surface area contributed by atoms with Crippen LogP contribution in [-0.2, 0) is 21.2 Å². The highest BCUT2D eigenvalue weighted by Crippen LogP contribution is 2.38. The van der Waals surface area contributed by atoms with Crippen molar-refractivity contribution >= 4 is 21.6 Å². The fraction of sp³-hybridized carbons (Fsp3) is 0.235. The van der Waals surface area contributed by atoms with Gasteiger partial charge in [0.1, 0.15) is 0 Å². The monoisotopic (exact) mass is 380 g/mol. The number of hydrogen-bond donors (Lipinski definition) is 2. The lowest BCUT2D eigenvalue weighted by Crippen LogP contribution is -2.16. The molecule has 0 aliphatic heterocycles. The minimum Gasteiger partial charge on any atom is -0.493 e. The lowest BCUT2D eigenvalue weighted by molar-refractivity contribution is -0.115. The molecule has 8 nitrogen and oxygen atoms in total. The van der Waals surface area contributed by atoms with Gasteiger partial charge in [0.15, 0.2) is 11.5 Å². The Kier molecular flexibility index (Phi) is 6.06. The van der Waals surface area contributed by atoms with Crippen molar-refractivity contribution in [1.29, 1.82) is 0 Å². The van der Waals surface area contributed by atoms with Gasteiger partial charge in [-0.1, -0.05) is 6.07 Å². The highest BCUT2D eigenvalue weighted by Gasteiger charge is 2.15. The third-order valence-corrected chi connectivity index (χ3v) is 4.45. The van der Waals surface area contributed by atoms with Gasteiger partial charge in [0.25, 0.3) is 0 Å². The highest BCUT2D eigenvalue weighted by molar-refractivity contribution is 7.89. The van der Waals surface area contributed by atoms with Gasteiger partial charge < -0.3 is 19.5 Å². The molecule has 0 saturated heterocycles. The number of benzene rings is 2. The van der Waals surface area contributed by atoms with Crippen molar-refractivity contribution in [2.75, 3.05) is 26.6 Å². The van der Waals surface area contributed by atoms with Gasteiger partial charge >= 0.3 is 0 Å². The largest absolute Gasteiger partial charge is 0.493 e. The van der Waals surface area contributed by atoms with Crippen LogP contribution < -0.4 is 24.7 Å². The fourth-order valence-electron chi connectivity index (χ4n) is 2.38. The summed E-state index contributed by atoms with van der Waals surface area (Å²) in [6.45, 7) is 0. The molecule has 0 aromatic heterocycles. The molecule has 3 N–H and O–H groups in total. The van der Waals surface area contributed by atoms with E-state index >= 15 is 0 Å². The maximum Gasteiger partial charge on any atom is 0.238 e. The summed E-state index contributed by atoms with van der Waals surface area (Å²) in [6.07, 6.45) is 0.0241. The molecule has 0 aliphatic carbocycles. The Labute approximate surface area is 151 Å². The summed E-state index contributed by atoms with van der Waals surface area (Å²) >= 11 is 0. The summed E-state index contributed by atoms with van der Waals surface area (Å²) in [7, 11) is 0.619. The number of carbonyl (C=O) groups excluding carboxylic acids is 1. The third-order valence-electron chi connectivity index (χ3n) is 3.54. The number of methoxy groups -OCH3 is 3. The number of sulfonamides is 1. The zero-order valence-electron chi connectivity index (χ0n) is 14.6. The van der Waals surface area contributed by atoms with E-state index in [9.17, 15) is 13.2 Å². The quantitative estimate of drug-likeness (QED) is 0.752. The highest BCUT2D eigenvalue weighted by atomic mass is 32.2. The number of nitrogens with one attached hydrogen (secondary N) is 1. The zero-order valence-corrected chi connectivity index (χ0v) is 15.4. The molecule has 1 amide bonds. The molecule has 26 heavy (non-hydrogen) atoms. The Morgan fingerprint density at radius 2 is 1.65 bits per heavy atom. The Bertz CT molecular complexity index is 886. The van der Waals surface area contributed by atoms with Gasteiger partial charge in [0.05, 0.1) is 32.6 Å². The Morgan fingerprint density at radius 3 is 2.15 bits per heavy atom. The third kappa shape index (κ3) is 4.64. The van der Waals surface area contributed by atoms with E-state index in [1.165, 1.54) is 39.5 Å². The van der Waals surface area contributed by atoms with Crippen molar-refractivity contribution in [3.8, 4) is 17.2 Å². The molecule has 140 valence electrons. The van der Waals surface area contributed by atoms with E-state index in [0.717, 1.165) is 0 Å². The van der Waals surface area contributed by atoms with Crippen LogP contribution in [0.5, 0.6) is 17.2 Å². The van der Waals surface area contributed by atoms with Crippen LogP contribution in [0.3, 0.4) is 0 Å². The average molecular weight is 380 g/mol. The Hall–Kier alpha value is -2.78. The van der Waals surface area contributed by atoms with Crippen molar-refractivity contribution in [1.82, 2.24) is 0 Å². The van der Waals surface area contributed by atoms with Crippen molar-refractivity contribution in [3.05, 3.63) is 42.0 Å². The van der Waals surface area contributed by atoms with Crippen LogP contribution in [0.1, 0.15) is 5.56 Å². The fourth-order valence-corrected chi connectivity index (χ4v) is 2.94. The van der Waals surface area contributed by atoms with E-state index in [4.69, 9.17) is 19.3 Å². The SMILES string of the molecule is COc1cc(CC(=O)Nc2cccc(S(N)(=O)=O)c2)cc(OC)c1OC. The van der Waals surface area contributed by atoms with Gasteiger partial charge in [-0.15, -0.1) is 0 Å². The van der Waals surface area contributed by atoms with E-state index in [-0.39, 0.29) is 17.2 Å². The number of anilines is 1. The topological polar surface area (TPSA) is 117 Å². The maximum atomic E-state index is 12.3. The van der Waals surface area contributed by atoms with Crippen molar-refractivity contribution in [3.63, 3.8) is 0 Å². The molecule has 0 fully saturated rings. The number of nitrogens with two attached hydrogens (primary N) is 1. The van der Waals surface area contributed by atoms with Crippen molar-refractivity contribution in [2.45, 2.75) is 11.3 Å². The van der Waals surface area contributed by atoms with Gasteiger partial charge in [-0.25, -0.2) is 13.6 Å². The number of amides is 1. The first-order chi connectivity index (χ1) is 12.3. The zero-order chi connectivity index (χ0) is 19.3. The van der Waals surface area contributed by atoms with Gasteiger partial charge in [0.2, 0.25) is 21.7 Å². The molecule has 2 aromatic carbocycles. The summed E-state index contributed by atoms with van der Waals surface area (Å²) < 4.78 is 38.5. The first-order valence-electron chi connectivity index (χ1n) is 7.50. The first-order valence-corrected chi connectivity index (χ1v) is 9.04. The second-order valence-electron chi connectivity index (χ2n) is 5.33. The molecule has 0 unspecified atom stereocenters. The number of ether oxygens (including phenoxy) is 3. The molecule has 0 spiro atoms. The number of rotatable bonds is 7. The first kappa shape index (κ1) is 19.5. The van der Waals surface area contributed by atoms with Crippen LogP contribution in [-0.4, -0.2) is 35.7 Å². The summed E-state index contributed by atoms with van der Waals surface area (Å²) in [5.74, 6) is 0.961. The molecule has 0 heterocycles. The van der Waals surface area contributed by atoms with E-state index in [2.05, 4.69) is 5.32 Å². The molecule has 0 bridgehead atoms. The Balaban J connectivity index is 2.20. The van der Waals surface area contributed by atoms with Crippen LogP contribution in [0.4, 0.5) is 5.69 Å². The van der Waals surface area contributed by atoms with E-state index in [1.54, 1.807) is 18.2 Å². The normalized spacial score (nSPS) is 10.9. The van der Waals surface area contributed by atoms with E-state index in [1.807, 2.05) is 0 Å². The van der Waals surface area contributed by atoms with Gasteiger partial charge in [-0.05, 0) is 35.9 Å². The smallest absolute Gasteiger partial charge is 0.238 e. The molecule has 0 atom stereocenters. The second kappa shape index (κ2) is 8.07. The van der Waals surface area contributed by atoms with Crippen LogP contribution in [0, 0.1) is 0 Å². The maximum absolute atomic E-state index is 12.3. The van der Waals surface area contributed by atoms with E-state index < -0.39 is 10.0 Å². The van der Waals surface area contributed by atoms with Crippen molar-refractivity contribution < 1.29 is 27.4 Å². The number of hydrogen-bond acceptors (Lipinski definition) is 6. The van der Waals surface area contributed by atoms with Gasteiger partial charge in [0, 0.05) is 5.69 Å². The standard InChI is InChI=1S/C17H20N2O6S/c1-23-14-7-11(8-15(24-2)17(14)25-3)9-16(20)19-12-5-4-6-13(10-12)26(18,21)22/h4-8,10H,9H2,1-3H3,(H,19,20)(H2,18,21,22). The minimum absolute atomic E-state index is 0.0241. The van der Waals surface area contributed by atoms with Crippen LogP contribution >= 0.6 is 0 Å². The molecule has 0 saturated carbocycles. The summed E-state index contributed by atoms with van der Waals surface area (Å²) in [6, 6.07) is 9.05. The lowest BCUT2D eigenvalue weighted by Gasteiger charge is -2.14. The molecular formula is C17H20N2O6S. The molecule has 0 radical (unpaired) electrons. The van der Waals surface area contributed by atoms with E-state index in [0.29, 0.717) is 28.5 Å². The summed E-state index contributed by atoms with van der Waals surface area (Å²) in [5, 5.41) is 7.73. The lowest BCUT2D eigenvalue weighted by atomic mass is 10.1. The predicted octanol–water partition coefficient (Wildman–Crippen LogP) is 1.54. The van der Waals surface area contributed by atoms with Crippen LogP contribution in [0.15, 0.2) is 41.3 Å². The van der Waals surface area contributed by atoms with Crippen LogP contribution in [0.25, 0.3) is 0 Å². The van der Waals surface area contributed by atoms with Crippen molar-refractivity contribution in [2.24, 2.45) is 5.14 Å². The van der Waals surface area contributed by atoms with Crippen LogP contribution in [0.2, 0.25) is 0 Å². The van der Waals surface area contributed by atoms with Gasteiger partial charge in [-0.3, -0.25) is 4.79 Å². The minimum atomic E-state index is -3.84. The molecule has 2 aromatic rings. The Morgan fingerprint density at radius 1 is 1.04 bits per heavy atom. The second-order valence-corrected chi connectivity index (χ2v) is 6.89. The summed E-state index contributed by atoms with van der Waals surface area (Å²) in [4.78, 5) is 12.2. The molecule has 0 aliphatic rings.